The Hall–Kier alpha value is -0.700. The molecule has 0 aromatic heterocycles. The highest BCUT2D eigenvalue weighted by Crippen LogP contribution is 2.31. The molecule has 0 heterocycles. The van der Waals surface area contributed by atoms with Gasteiger partial charge in [0.1, 0.15) is 0 Å². The van der Waals surface area contributed by atoms with E-state index < -0.39 is 11.7 Å². The first-order valence-electron chi connectivity index (χ1n) is 5.24. The van der Waals surface area contributed by atoms with Gasteiger partial charge in [-0.1, -0.05) is 45.4 Å². The van der Waals surface area contributed by atoms with E-state index in [4.69, 9.17) is 11.6 Å². The molecule has 0 saturated carbocycles. The molecule has 0 unspecified atom stereocenters. The van der Waals surface area contributed by atoms with Gasteiger partial charge in [0.05, 0.1) is 5.56 Å². The van der Waals surface area contributed by atoms with Crippen LogP contribution < -0.4 is 0 Å². The molecule has 94 valence electrons. The monoisotopic (exact) mass is 254 g/mol. The lowest BCUT2D eigenvalue weighted by atomic mass is 10.1. The number of aryl methyl sites for hydroxylation is 1. The summed E-state index contributed by atoms with van der Waals surface area (Å²) >= 11 is 5.52. The lowest BCUT2D eigenvalue weighted by Gasteiger charge is -2.07. The zero-order chi connectivity index (χ0) is 13.4. The Bertz CT molecular complexity index is 293. The van der Waals surface area contributed by atoms with Gasteiger partial charge in [-0.15, -0.1) is 0 Å². The van der Waals surface area contributed by atoms with Crippen LogP contribution in [0.5, 0.6) is 0 Å². The van der Waals surface area contributed by atoms with Crippen molar-refractivity contribution in [1.29, 1.82) is 0 Å². The molecule has 0 amide bonds. The smallest absolute Gasteiger partial charge is 0.166 e. The number of alkyl halides is 3. The summed E-state index contributed by atoms with van der Waals surface area (Å²) < 4.78 is 36.1. The molecule has 0 nitrogen and oxygen atoms in total. The van der Waals surface area contributed by atoms with E-state index in [1.165, 1.54) is 6.07 Å². The minimum absolute atomic E-state index is 0.143. The summed E-state index contributed by atoms with van der Waals surface area (Å²) in [5.41, 5.74) is -0.0669. The van der Waals surface area contributed by atoms with Crippen molar-refractivity contribution in [3.8, 4) is 0 Å². The SMILES string of the molecule is CC.CC.Cc1ccc(C(F)(F)F)cc1Cl. The molecule has 0 spiro atoms. The van der Waals surface area contributed by atoms with Gasteiger partial charge >= 0.3 is 6.18 Å². The van der Waals surface area contributed by atoms with Crippen molar-refractivity contribution in [2.24, 2.45) is 0 Å². The topological polar surface area (TPSA) is 0 Å². The number of halogens is 4. The fourth-order valence-corrected chi connectivity index (χ4v) is 0.950. The lowest BCUT2D eigenvalue weighted by molar-refractivity contribution is -0.137. The Labute approximate surface area is 100 Å². The van der Waals surface area contributed by atoms with Crippen LogP contribution in [0, 0.1) is 6.92 Å². The molecule has 0 N–H and O–H groups in total. The van der Waals surface area contributed by atoms with Crippen LogP contribution in [-0.2, 0) is 6.18 Å². The zero-order valence-corrected chi connectivity index (χ0v) is 11.0. The van der Waals surface area contributed by atoms with Gasteiger partial charge in [-0.25, -0.2) is 0 Å². The van der Waals surface area contributed by atoms with Gasteiger partial charge in [-0.05, 0) is 24.6 Å². The Morgan fingerprint density at radius 3 is 1.75 bits per heavy atom. The highest BCUT2D eigenvalue weighted by Gasteiger charge is 2.30. The average molecular weight is 255 g/mol. The van der Waals surface area contributed by atoms with Crippen molar-refractivity contribution in [1.82, 2.24) is 0 Å². The van der Waals surface area contributed by atoms with Crippen molar-refractivity contribution >= 4 is 11.6 Å². The molecule has 0 bridgehead atoms. The van der Waals surface area contributed by atoms with Crippen LogP contribution >= 0.6 is 11.6 Å². The van der Waals surface area contributed by atoms with Gasteiger partial charge in [0.2, 0.25) is 0 Å². The Balaban J connectivity index is 0. The van der Waals surface area contributed by atoms with E-state index in [1.807, 2.05) is 27.7 Å². The number of hydrogen-bond donors (Lipinski definition) is 0. The highest BCUT2D eigenvalue weighted by molar-refractivity contribution is 6.31. The standard InChI is InChI=1S/C8H6ClF3.2C2H6/c1-5-2-3-6(4-7(5)9)8(10,11)12;2*1-2/h2-4H,1H3;2*1-2H3. The van der Waals surface area contributed by atoms with Crippen molar-refractivity contribution in [3.63, 3.8) is 0 Å². The van der Waals surface area contributed by atoms with Gasteiger partial charge in [0, 0.05) is 5.02 Å². The normalized spacial score (nSPS) is 9.56. The molecule has 1 aromatic rings. The first kappa shape index (κ1) is 17.7. The van der Waals surface area contributed by atoms with Gasteiger partial charge in [0.25, 0.3) is 0 Å². The van der Waals surface area contributed by atoms with E-state index in [0.717, 1.165) is 12.1 Å². The van der Waals surface area contributed by atoms with E-state index in [-0.39, 0.29) is 5.02 Å². The van der Waals surface area contributed by atoms with Crippen LogP contribution in [0.1, 0.15) is 38.8 Å². The molecular weight excluding hydrogens is 237 g/mol. The molecule has 0 saturated heterocycles. The summed E-state index contributed by atoms with van der Waals surface area (Å²) in [6.07, 6.45) is -4.31. The molecule has 0 atom stereocenters. The van der Waals surface area contributed by atoms with E-state index in [2.05, 4.69) is 0 Å². The molecular formula is C12H18ClF3. The number of benzene rings is 1. The van der Waals surface area contributed by atoms with Crippen molar-refractivity contribution in [3.05, 3.63) is 34.3 Å². The van der Waals surface area contributed by atoms with Gasteiger partial charge < -0.3 is 0 Å². The van der Waals surface area contributed by atoms with Crippen molar-refractivity contribution < 1.29 is 13.2 Å². The summed E-state index contributed by atoms with van der Waals surface area (Å²) in [5.74, 6) is 0. The van der Waals surface area contributed by atoms with Crippen LogP contribution in [0.3, 0.4) is 0 Å². The van der Waals surface area contributed by atoms with Crippen molar-refractivity contribution in [2.75, 3.05) is 0 Å². The Kier molecular flexibility index (Phi) is 9.34. The molecule has 0 aliphatic carbocycles. The zero-order valence-electron chi connectivity index (χ0n) is 10.2. The summed E-state index contributed by atoms with van der Waals surface area (Å²) in [4.78, 5) is 0. The van der Waals surface area contributed by atoms with Crippen LogP contribution in [0.4, 0.5) is 13.2 Å². The van der Waals surface area contributed by atoms with Crippen LogP contribution in [0.25, 0.3) is 0 Å². The minimum atomic E-state index is -4.31. The molecule has 0 radical (unpaired) electrons. The fourth-order valence-electron chi connectivity index (χ4n) is 0.769. The highest BCUT2D eigenvalue weighted by atomic mass is 35.5. The van der Waals surface area contributed by atoms with Crippen molar-refractivity contribution in [2.45, 2.75) is 40.8 Å². The maximum Gasteiger partial charge on any atom is 0.416 e. The summed E-state index contributed by atoms with van der Waals surface area (Å²) in [5, 5.41) is 0.143. The Morgan fingerprint density at radius 2 is 1.44 bits per heavy atom. The van der Waals surface area contributed by atoms with E-state index in [9.17, 15) is 13.2 Å². The third-order valence-corrected chi connectivity index (χ3v) is 1.91. The number of rotatable bonds is 0. The summed E-state index contributed by atoms with van der Waals surface area (Å²) in [6.45, 7) is 9.66. The van der Waals surface area contributed by atoms with Gasteiger partial charge in [0.15, 0.2) is 0 Å². The number of hydrogen-bond acceptors (Lipinski definition) is 0. The molecule has 0 fully saturated rings. The quantitative estimate of drug-likeness (QED) is 0.555. The maximum atomic E-state index is 12.0. The first-order chi connectivity index (χ1) is 7.41. The molecule has 4 heteroatoms. The van der Waals surface area contributed by atoms with Gasteiger partial charge in [-0.3, -0.25) is 0 Å². The lowest BCUT2D eigenvalue weighted by Crippen LogP contribution is -2.04. The second-order valence-corrected chi connectivity index (χ2v) is 2.87. The van der Waals surface area contributed by atoms with E-state index in [0.29, 0.717) is 5.56 Å². The van der Waals surface area contributed by atoms with Crippen LogP contribution in [0.2, 0.25) is 5.02 Å². The predicted octanol–water partition coefficient (Wildman–Crippen LogP) is 5.72. The molecule has 16 heavy (non-hydrogen) atoms. The van der Waals surface area contributed by atoms with Gasteiger partial charge in [-0.2, -0.15) is 13.2 Å². The first-order valence-corrected chi connectivity index (χ1v) is 5.62. The second kappa shape index (κ2) is 8.45. The minimum Gasteiger partial charge on any atom is -0.166 e. The maximum absolute atomic E-state index is 12.0. The second-order valence-electron chi connectivity index (χ2n) is 2.46. The van der Waals surface area contributed by atoms with Crippen LogP contribution in [-0.4, -0.2) is 0 Å². The molecule has 0 aliphatic rings. The van der Waals surface area contributed by atoms with E-state index in [1.54, 1.807) is 6.92 Å². The molecule has 1 aromatic carbocycles. The molecule has 0 aliphatic heterocycles. The third-order valence-electron chi connectivity index (χ3n) is 1.50. The van der Waals surface area contributed by atoms with E-state index >= 15 is 0 Å². The average Bonchev–Trinajstić information content (AvgIpc) is 2.26. The van der Waals surface area contributed by atoms with Crippen LogP contribution in [0.15, 0.2) is 18.2 Å². The third kappa shape index (κ3) is 6.01. The summed E-state index contributed by atoms with van der Waals surface area (Å²) in [6, 6.07) is 3.29. The molecule has 1 rings (SSSR count). The Morgan fingerprint density at radius 1 is 1.00 bits per heavy atom. The summed E-state index contributed by atoms with van der Waals surface area (Å²) in [7, 11) is 0. The predicted molar refractivity (Wildman–Crippen MR) is 63.9 cm³/mol. The largest absolute Gasteiger partial charge is 0.416 e. The fraction of sp³-hybridized carbons (Fsp3) is 0.500.